The van der Waals surface area contributed by atoms with Gasteiger partial charge in [0.15, 0.2) is 0 Å². The lowest BCUT2D eigenvalue weighted by molar-refractivity contribution is 1.31. The molecule has 0 aliphatic rings. The van der Waals surface area contributed by atoms with Crippen molar-refractivity contribution in [2.24, 2.45) is 0 Å². The first-order valence-electron chi connectivity index (χ1n) is 17.8. The van der Waals surface area contributed by atoms with Crippen molar-refractivity contribution in [3.63, 3.8) is 0 Å². The van der Waals surface area contributed by atoms with E-state index in [1.165, 1.54) is 80.8 Å². The molecule has 1 heterocycles. The SMILES string of the molecule is c1ccc(-c2ccccc2N(c2ccc3c(c2)c(-c2ccccc2)c(-c2ccccc2)c2ccccc23)c2cccc3c2sc2ccccc23)cc1. The molecule has 2 heteroatoms. The molecule has 0 unspecified atom stereocenters. The minimum atomic E-state index is 1.12. The molecule has 0 N–H and O–H groups in total. The van der Waals surface area contributed by atoms with Crippen molar-refractivity contribution in [2.45, 2.75) is 0 Å². The third-order valence-electron chi connectivity index (χ3n) is 10.2. The molecule has 1 aromatic heterocycles. The predicted octanol–water partition coefficient (Wildman–Crippen LogP) is 14.8. The Bertz CT molecular complexity index is 2890. The predicted molar refractivity (Wildman–Crippen MR) is 225 cm³/mol. The van der Waals surface area contributed by atoms with Gasteiger partial charge in [0.2, 0.25) is 0 Å². The molecule has 0 saturated heterocycles. The van der Waals surface area contributed by atoms with E-state index < -0.39 is 0 Å². The maximum Gasteiger partial charge on any atom is 0.0640 e. The number of anilines is 3. The lowest BCUT2D eigenvalue weighted by atomic mass is 9.85. The van der Waals surface area contributed by atoms with Crippen molar-refractivity contribution in [2.75, 3.05) is 4.90 Å². The summed E-state index contributed by atoms with van der Waals surface area (Å²) >= 11 is 1.87. The molecule has 0 aliphatic carbocycles. The van der Waals surface area contributed by atoms with Gasteiger partial charge in [-0.3, -0.25) is 0 Å². The molecule has 0 fully saturated rings. The molecule has 0 aliphatic heterocycles. The zero-order valence-corrected chi connectivity index (χ0v) is 29.2. The summed E-state index contributed by atoms with van der Waals surface area (Å²) in [6.45, 7) is 0. The Labute approximate surface area is 307 Å². The minimum Gasteiger partial charge on any atom is -0.308 e. The summed E-state index contributed by atoms with van der Waals surface area (Å²) < 4.78 is 2.57. The Kier molecular flexibility index (Phi) is 7.41. The first-order chi connectivity index (χ1) is 25.8. The van der Waals surface area contributed by atoms with Crippen molar-refractivity contribution < 1.29 is 0 Å². The van der Waals surface area contributed by atoms with E-state index in [9.17, 15) is 0 Å². The fourth-order valence-corrected chi connectivity index (χ4v) is 9.18. The molecule has 52 heavy (non-hydrogen) atoms. The van der Waals surface area contributed by atoms with Crippen LogP contribution < -0.4 is 4.90 Å². The van der Waals surface area contributed by atoms with Crippen LogP contribution in [0.1, 0.15) is 0 Å². The maximum absolute atomic E-state index is 2.49. The summed E-state index contributed by atoms with van der Waals surface area (Å²) in [4.78, 5) is 2.49. The standard InChI is InChI=1S/C50H33NS/c1-4-17-34(18-5-1)38-23-12-14-28-45(38)51(46-29-16-27-43-41-25-13-15-30-47(41)52-50(43)46)37-31-32-40-39-24-10-11-26-42(39)48(35-19-6-2-7-20-35)49(44(40)33-37)36-21-8-3-9-22-36/h1-33H. The molecule has 0 amide bonds. The molecule has 10 rings (SSSR count). The van der Waals surface area contributed by atoms with Gasteiger partial charge in [0.1, 0.15) is 0 Å². The van der Waals surface area contributed by atoms with Gasteiger partial charge in [0.05, 0.1) is 16.1 Å². The molecule has 0 bridgehead atoms. The van der Waals surface area contributed by atoms with E-state index in [2.05, 4.69) is 205 Å². The van der Waals surface area contributed by atoms with E-state index in [-0.39, 0.29) is 0 Å². The fourth-order valence-electron chi connectivity index (χ4n) is 7.97. The van der Waals surface area contributed by atoms with E-state index in [4.69, 9.17) is 0 Å². The van der Waals surface area contributed by atoms with Gasteiger partial charge < -0.3 is 4.90 Å². The Morgan fingerprint density at radius 3 is 1.58 bits per heavy atom. The zero-order valence-electron chi connectivity index (χ0n) is 28.4. The Morgan fingerprint density at radius 1 is 0.327 bits per heavy atom. The topological polar surface area (TPSA) is 3.24 Å². The van der Waals surface area contributed by atoms with Gasteiger partial charge >= 0.3 is 0 Å². The summed E-state index contributed by atoms with van der Waals surface area (Å²) in [6.07, 6.45) is 0. The number of nitrogens with zero attached hydrogens (tertiary/aromatic N) is 1. The van der Waals surface area contributed by atoms with E-state index >= 15 is 0 Å². The van der Waals surface area contributed by atoms with Crippen LogP contribution in [0.5, 0.6) is 0 Å². The lowest BCUT2D eigenvalue weighted by Crippen LogP contribution is -2.11. The van der Waals surface area contributed by atoms with E-state index in [1.54, 1.807) is 0 Å². The van der Waals surface area contributed by atoms with Crippen LogP contribution in [0.25, 0.3) is 75.1 Å². The third-order valence-corrected chi connectivity index (χ3v) is 11.5. The minimum absolute atomic E-state index is 1.12. The van der Waals surface area contributed by atoms with Crippen molar-refractivity contribution in [1.82, 2.24) is 0 Å². The van der Waals surface area contributed by atoms with Crippen molar-refractivity contribution in [1.29, 1.82) is 0 Å². The molecule has 0 spiro atoms. The van der Waals surface area contributed by atoms with Gasteiger partial charge in [-0.2, -0.15) is 0 Å². The van der Waals surface area contributed by atoms with Crippen LogP contribution in [-0.4, -0.2) is 0 Å². The molecule has 9 aromatic carbocycles. The summed E-state index contributed by atoms with van der Waals surface area (Å²) in [6, 6.07) is 72.9. The van der Waals surface area contributed by atoms with Crippen molar-refractivity contribution in [3.05, 3.63) is 200 Å². The second kappa shape index (κ2) is 12.7. The second-order valence-electron chi connectivity index (χ2n) is 13.2. The van der Waals surface area contributed by atoms with Gasteiger partial charge in [-0.15, -0.1) is 11.3 Å². The zero-order chi connectivity index (χ0) is 34.4. The second-order valence-corrected chi connectivity index (χ2v) is 14.3. The van der Waals surface area contributed by atoms with Gasteiger partial charge in [0.25, 0.3) is 0 Å². The van der Waals surface area contributed by atoms with Crippen LogP contribution in [0.15, 0.2) is 200 Å². The van der Waals surface area contributed by atoms with Crippen LogP contribution in [0.2, 0.25) is 0 Å². The monoisotopic (exact) mass is 679 g/mol. The highest BCUT2D eigenvalue weighted by Crippen LogP contribution is 2.50. The van der Waals surface area contributed by atoms with Gasteiger partial charge in [-0.25, -0.2) is 0 Å². The van der Waals surface area contributed by atoms with Gasteiger partial charge in [-0.05, 0) is 79.7 Å². The van der Waals surface area contributed by atoms with Crippen LogP contribution in [-0.2, 0) is 0 Å². The van der Waals surface area contributed by atoms with Crippen LogP contribution >= 0.6 is 11.3 Å². The number of hydrogen-bond donors (Lipinski definition) is 0. The van der Waals surface area contributed by atoms with E-state index in [1.807, 2.05) is 11.3 Å². The summed E-state index contributed by atoms with van der Waals surface area (Å²) in [5, 5.41) is 7.56. The number of benzene rings is 9. The van der Waals surface area contributed by atoms with Gasteiger partial charge in [0, 0.05) is 26.7 Å². The molecule has 0 saturated carbocycles. The highest BCUT2D eigenvalue weighted by Gasteiger charge is 2.23. The summed E-state index contributed by atoms with van der Waals surface area (Å²) in [7, 11) is 0. The van der Waals surface area contributed by atoms with Crippen molar-refractivity contribution >= 4 is 70.1 Å². The first-order valence-corrected chi connectivity index (χ1v) is 18.6. The van der Waals surface area contributed by atoms with Crippen LogP contribution in [0, 0.1) is 0 Å². The molecular weight excluding hydrogens is 647 g/mol. The summed E-state index contributed by atoms with van der Waals surface area (Å²) in [5.41, 5.74) is 10.7. The smallest absolute Gasteiger partial charge is 0.0640 e. The Balaban J connectivity index is 1.33. The largest absolute Gasteiger partial charge is 0.308 e. The first kappa shape index (κ1) is 30.4. The Hall–Kier alpha value is -6.48. The molecule has 10 aromatic rings. The maximum atomic E-state index is 2.49. The number of thiophene rings is 1. The van der Waals surface area contributed by atoms with Crippen molar-refractivity contribution in [3.8, 4) is 33.4 Å². The van der Waals surface area contributed by atoms with Crippen LogP contribution in [0.4, 0.5) is 17.1 Å². The van der Waals surface area contributed by atoms with Crippen LogP contribution in [0.3, 0.4) is 0 Å². The molecule has 0 radical (unpaired) electrons. The quantitative estimate of drug-likeness (QED) is 0.158. The van der Waals surface area contributed by atoms with E-state index in [0.29, 0.717) is 0 Å². The number of hydrogen-bond acceptors (Lipinski definition) is 2. The molecular formula is C50H33NS. The average molecular weight is 680 g/mol. The average Bonchev–Trinajstić information content (AvgIpc) is 3.61. The lowest BCUT2D eigenvalue weighted by Gasteiger charge is -2.29. The van der Waals surface area contributed by atoms with E-state index in [0.717, 1.165) is 11.4 Å². The third kappa shape index (κ3) is 4.99. The van der Waals surface area contributed by atoms with Gasteiger partial charge in [-0.1, -0.05) is 170 Å². The normalized spacial score (nSPS) is 11.5. The number of fused-ring (bicyclic) bond motifs is 6. The molecule has 244 valence electrons. The summed E-state index contributed by atoms with van der Waals surface area (Å²) in [5.74, 6) is 0. The number of rotatable bonds is 6. The Morgan fingerprint density at radius 2 is 0.846 bits per heavy atom. The highest BCUT2D eigenvalue weighted by atomic mass is 32.1. The molecule has 0 atom stereocenters. The fraction of sp³-hybridized carbons (Fsp3) is 0. The number of para-hydroxylation sites is 1. The highest BCUT2D eigenvalue weighted by molar-refractivity contribution is 7.26. The molecule has 1 nitrogen and oxygen atoms in total.